The van der Waals surface area contributed by atoms with E-state index in [1.54, 1.807) is 0 Å². The Morgan fingerprint density at radius 3 is 2.66 bits per heavy atom. The number of para-hydroxylation sites is 1. The second kappa shape index (κ2) is 11.2. The summed E-state index contributed by atoms with van der Waals surface area (Å²) in [7, 11) is 2.00. The molecule has 2 aromatic heterocycles. The number of fused-ring (bicyclic) bond motifs is 1. The summed E-state index contributed by atoms with van der Waals surface area (Å²) in [6.07, 6.45) is 4.12. The minimum Gasteiger partial charge on any atom is -0.357 e. The molecule has 0 aliphatic heterocycles. The summed E-state index contributed by atoms with van der Waals surface area (Å²) in [6, 6.07) is 10.7. The first-order valence-corrected chi connectivity index (χ1v) is 10.1. The third-order valence-electron chi connectivity index (χ3n) is 5.18. The first-order chi connectivity index (χ1) is 13.6. The third-order valence-corrected chi connectivity index (χ3v) is 5.18. The fourth-order valence-corrected chi connectivity index (χ4v) is 3.59. The zero-order valence-corrected chi connectivity index (χ0v) is 20.2. The fraction of sp³-hybridized carbons (Fsp3) is 0.455. The summed E-state index contributed by atoms with van der Waals surface area (Å²) in [6.45, 7) is 9.78. The summed E-state index contributed by atoms with van der Waals surface area (Å²) < 4.78 is 4.26. The summed E-state index contributed by atoms with van der Waals surface area (Å²) >= 11 is 0. The van der Waals surface area contributed by atoms with Gasteiger partial charge in [-0.3, -0.25) is 9.67 Å². The second-order valence-electron chi connectivity index (χ2n) is 7.13. The van der Waals surface area contributed by atoms with Gasteiger partial charge in [0.15, 0.2) is 5.96 Å². The number of aliphatic imine (C=N–C) groups is 1. The Morgan fingerprint density at radius 2 is 1.93 bits per heavy atom. The molecule has 158 valence electrons. The van der Waals surface area contributed by atoms with Gasteiger partial charge in [0.25, 0.3) is 0 Å². The SMILES string of the molecule is CCNC(=NCCCn1ccc2ccccc21)NCCc1c(C)nn(C)c1C.I. The molecule has 7 heteroatoms. The molecule has 0 bridgehead atoms. The fourth-order valence-electron chi connectivity index (χ4n) is 3.59. The van der Waals surface area contributed by atoms with Crippen molar-refractivity contribution < 1.29 is 0 Å². The molecule has 0 radical (unpaired) electrons. The second-order valence-corrected chi connectivity index (χ2v) is 7.13. The van der Waals surface area contributed by atoms with Gasteiger partial charge in [0.2, 0.25) is 0 Å². The van der Waals surface area contributed by atoms with E-state index in [2.05, 4.69) is 77.6 Å². The largest absolute Gasteiger partial charge is 0.357 e. The maximum atomic E-state index is 4.73. The van der Waals surface area contributed by atoms with Crippen LogP contribution < -0.4 is 10.6 Å². The number of rotatable bonds is 8. The molecule has 2 heterocycles. The van der Waals surface area contributed by atoms with E-state index in [9.17, 15) is 0 Å². The Kier molecular flexibility index (Phi) is 9.00. The molecular formula is C22H33IN6. The number of benzene rings is 1. The van der Waals surface area contributed by atoms with Gasteiger partial charge >= 0.3 is 0 Å². The molecule has 0 saturated carbocycles. The van der Waals surface area contributed by atoms with Gasteiger partial charge in [-0.2, -0.15) is 5.10 Å². The van der Waals surface area contributed by atoms with Crippen molar-refractivity contribution in [3.63, 3.8) is 0 Å². The number of aromatic nitrogens is 3. The van der Waals surface area contributed by atoms with Crippen molar-refractivity contribution in [3.8, 4) is 0 Å². The highest BCUT2D eigenvalue weighted by atomic mass is 127. The summed E-state index contributed by atoms with van der Waals surface area (Å²) in [5.74, 6) is 0.888. The molecule has 3 rings (SSSR count). The molecule has 6 nitrogen and oxygen atoms in total. The molecule has 1 aromatic carbocycles. The number of hydrogen-bond donors (Lipinski definition) is 2. The van der Waals surface area contributed by atoms with E-state index in [0.717, 1.165) is 50.7 Å². The maximum Gasteiger partial charge on any atom is 0.191 e. The number of nitrogens with zero attached hydrogens (tertiary/aromatic N) is 4. The quantitative estimate of drug-likeness (QED) is 0.211. The van der Waals surface area contributed by atoms with Crippen LogP contribution in [0.2, 0.25) is 0 Å². The van der Waals surface area contributed by atoms with Crippen LogP contribution >= 0.6 is 24.0 Å². The van der Waals surface area contributed by atoms with E-state index < -0.39 is 0 Å². The van der Waals surface area contributed by atoms with Gasteiger partial charge in [-0.05, 0) is 56.7 Å². The van der Waals surface area contributed by atoms with Crippen LogP contribution in [0.3, 0.4) is 0 Å². The molecular weight excluding hydrogens is 475 g/mol. The molecule has 0 saturated heterocycles. The summed E-state index contributed by atoms with van der Waals surface area (Å²) in [4.78, 5) is 4.73. The number of nitrogens with one attached hydrogen (secondary N) is 2. The van der Waals surface area contributed by atoms with E-state index in [1.807, 2.05) is 11.7 Å². The summed E-state index contributed by atoms with van der Waals surface area (Å²) in [5, 5.41) is 12.6. The molecule has 0 spiro atoms. The minimum atomic E-state index is 0. The first-order valence-electron chi connectivity index (χ1n) is 10.1. The number of guanidine groups is 1. The van der Waals surface area contributed by atoms with Crippen molar-refractivity contribution in [2.24, 2.45) is 12.0 Å². The number of hydrogen-bond acceptors (Lipinski definition) is 2. The highest BCUT2D eigenvalue weighted by Crippen LogP contribution is 2.15. The Balaban J connectivity index is 0.00000300. The van der Waals surface area contributed by atoms with Crippen LogP contribution in [0.4, 0.5) is 0 Å². The van der Waals surface area contributed by atoms with E-state index in [0.29, 0.717) is 0 Å². The van der Waals surface area contributed by atoms with Crippen LogP contribution in [0, 0.1) is 13.8 Å². The standard InChI is InChI=1S/C22H32N6.HI/c1-5-23-22(25-14-11-20-17(2)26-27(4)18(20)3)24-13-8-15-28-16-12-19-9-6-7-10-21(19)28;/h6-7,9-10,12,16H,5,8,11,13-15H2,1-4H3,(H2,23,24,25);1H. The lowest BCUT2D eigenvalue weighted by Gasteiger charge is -2.12. The molecule has 0 fully saturated rings. The van der Waals surface area contributed by atoms with Crippen molar-refractivity contribution >= 4 is 40.8 Å². The average molecular weight is 508 g/mol. The van der Waals surface area contributed by atoms with Gasteiger partial charge in [0, 0.05) is 50.6 Å². The lowest BCUT2D eigenvalue weighted by molar-refractivity contribution is 0.666. The van der Waals surface area contributed by atoms with Gasteiger partial charge in [-0.15, -0.1) is 24.0 Å². The van der Waals surface area contributed by atoms with E-state index >= 15 is 0 Å². The van der Waals surface area contributed by atoms with Crippen LogP contribution in [-0.4, -0.2) is 39.9 Å². The zero-order chi connectivity index (χ0) is 19.9. The Bertz CT molecular complexity index is 940. The highest BCUT2D eigenvalue weighted by molar-refractivity contribution is 14.0. The van der Waals surface area contributed by atoms with Gasteiger partial charge in [0.05, 0.1) is 5.69 Å². The molecule has 2 N–H and O–H groups in total. The van der Waals surface area contributed by atoms with E-state index in [1.165, 1.54) is 22.2 Å². The smallest absolute Gasteiger partial charge is 0.191 e. The molecule has 0 aliphatic carbocycles. The van der Waals surface area contributed by atoms with Crippen LogP contribution in [0.5, 0.6) is 0 Å². The topological polar surface area (TPSA) is 59.2 Å². The van der Waals surface area contributed by atoms with Gasteiger partial charge in [-0.25, -0.2) is 0 Å². The summed E-state index contributed by atoms with van der Waals surface area (Å²) in [5.41, 5.74) is 4.96. The van der Waals surface area contributed by atoms with Crippen molar-refractivity contribution in [1.29, 1.82) is 0 Å². The van der Waals surface area contributed by atoms with Crippen LogP contribution in [0.1, 0.15) is 30.3 Å². The number of aryl methyl sites for hydroxylation is 3. The minimum absolute atomic E-state index is 0. The predicted octanol–water partition coefficient (Wildman–Crippen LogP) is 3.80. The Labute approximate surface area is 190 Å². The van der Waals surface area contributed by atoms with Crippen LogP contribution in [-0.2, 0) is 20.0 Å². The predicted molar refractivity (Wildman–Crippen MR) is 132 cm³/mol. The highest BCUT2D eigenvalue weighted by Gasteiger charge is 2.09. The van der Waals surface area contributed by atoms with Crippen molar-refractivity contribution in [3.05, 3.63) is 53.5 Å². The molecule has 0 unspecified atom stereocenters. The third kappa shape index (κ3) is 5.98. The van der Waals surface area contributed by atoms with Crippen LogP contribution in [0.15, 0.2) is 41.5 Å². The first kappa shape index (κ1) is 23.3. The number of halogens is 1. The lowest BCUT2D eigenvalue weighted by Crippen LogP contribution is -2.38. The Morgan fingerprint density at radius 1 is 1.14 bits per heavy atom. The molecule has 29 heavy (non-hydrogen) atoms. The van der Waals surface area contributed by atoms with Crippen molar-refractivity contribution in [2.75, 3.05) is 19.6 Å². The molecule has 3 aromatic rings. The van der Waals surface area contributed by atoms with E-state index in [4.69, 9.17) is 4.99 Å². The monoisotopic (exact) mass is 508 g/mol. The van der Waals surface area contributed by atoms with Gasteiger partial charge in [-0.1, -0.05) is 18.2 Å². The molecule has 0 atom stereocenters. The molecule has 0 amide bonds. The van der Waals surface area contributed by atoms with Crippen molar-refractivity contribution in [2.45, 2.75) is 40.2 Å². The lowest BCUT2D eigenvalue weighted by atomic mass is 10.1. The maximum absolute atomic E-state index is 4.73. The van der Waals surface area contributed by atoms with Gasteiger partial charge in [0.1, 0.15) is 0 Å². The van der Waals surface area contributed by atoms with E-state index in [-0.39, 0.29) is 24.0 Å². The van der Waals surface area contributed by atoms with Crippen LogP contribution in [0.25, 0.3) is 10.9 Å². The van der Waals surface area contributed by atoms with Gasteiger partial charge < -0.3 is 15.2 Å². The average Bonchev–Trinajstić information content (AvgIpc) is 3.20. The van der Waals surface area contributed by atoms with Crippen molar-refractivity contribution in [1.82, 2.24) is 25.0 Å². The molecule has 0 aliphatic rings. The normalized spacial score (nSPS) is 11.5. The zero-order valence-electron chi connectivity index (χ0n) is 17.9. The Hall–Kier alpha value is -2.03.